The van der Waals surface area contributed by atoms with Crippen LogP contribution in [0.2, 0.25) is 0 Å². The van der Waals surface area contributed by atoms with Gasteiger partial charge < -0.3 is 15.2 Å². The maximum Gasteiger partial charge on any atom is 0.345 e. The fourth-order valence-corrected chi connectivity index (χ4v) is 2.57. The maximum atomic E-state index is 12.2. The SMILES string of the molecule is COCCc1ccccc1NC(=O)c1ccc(C(=O)O)s1. The van der Waals surface area contributed by atoms with Crippen molar-refractivity contribution in [3.8, 4) is 0 Å². The van der Waals surface area contributed by atoms with Crippen molar-refractivity contribution in [2.24, 2.45) is 0 Å². The molecule has 0 unspecified atom stereocenters. The number of amides is 1. The highest BCUT2D eigenvalue weighted by molar-refractivity contribution is 7.15. The average molecular weight is 305 g/mol. The van der Waals surface area contributed by atoms with Crippen molar-refractivity contribution in [2.45, 2.75) is 6.42 Å². The number of nitrogens with one attached hydrogen (secondary N) is 1. The van der Waals surface area contributed by atoms with Gasteiger partial charge in [0.25, 0.3) is 5.91 Å². The van der Waals surface area contributed by atoms with Gasteiger partial charge in [-0.15, -0.1) is 11.3 Å². The quantitative estimate of drug-likeness (QED) is 0.860. The molecule has 21 heavy (non-hydrogen) atoms. The lowest BCUT2D eigenvalue weighted by atomic mass is 10.1. The second kappa shape index (κ2) is 7.01. The van der Waals surface area contributed by atoms with Crippen LogP contribution in [-0.2, 0) is 11.2 Å². The summed E-state index contributed by atoms with van der Waals surface area (Å²) in [5, 5.41) is 11.7. The molecule has 0 spiro atoms. The van der Waals surface area contributed by atoms with E-state index in [-0.39, 0.29) is 10.8 Å². The molecule has 0 aliphatic rings. The van der Waals surface area contributed by atoms with E-state index in [1.54, 1.807) is 7.11 Å². The number of hydrogen-bond donors (Lipinski definition) is 2. The van der Waals surface area contributed by atoms with Gasteiger partial charge in [-0.05, 0) is 30.2 Å². The minimum Gasteiger partial charge on any atom is -0.477 e. The molecule has 110 valence electrons. The van der Waals surface area contributed by atoms with Gasteiger partial charge in [-0.1, -0.05) is 18.2 Å². The van der Waals surface area contributed by atoms with Crippen LogP contribution in [0.4, 0.5) is 5.69 Å². The number of hydrogen-bond acceptors (Lipinski definition) is 4. The smallest absolute Gasteiger partial charge is 0.345 e. The lowest BCUT2D eigenvalue weighted by Gasteiger charge is -2.10. The summed E-state index contributed by atoms with van der Waals surface area (Å²) in [7, 11) is 1.63. The van der Waals surface area contributed by atoms with E-state index in [0.29, 0.717) is 23.6 Å². The normalized spacial score (nSPS) is 10.3. The first-order chi connectivity index (χ1) is 10.1. The molecule has 1 aromatic heterocycles. The van der Waals surface area contributed by atoms with E-state index < -0.39 is 5.97 Å². The summed E-state index contributed by atoms with van der Waals surface area (Å²) < 4.78 is 5.04. The van der Waals surface area contributed by atoms with Crippen LogP contribution in [0.3, 0.4) is 0 Å². The van der Waals surface area contributed by atoms with E-state index in [0.717, 1.165) is 16.9 Å². The lowest BCUT2D eigenvalue weighted by Crippen LogP contribution is -2.12. The van der Waals surface area contributed by atoms with Gasteiger partial charge in [0.1, 0.15) is 4.88 Å². The Bertz CT molecular complexity index is 651. The van der Waals surface area contributed by atoms with Gasteiger partial charge in [-0.2, -0.15) is 0 Å². The summed E-state index contributed by atoms with van der Waals surface area (Å²) in [6, 6.07) is 10.4. The molecule has 2 rings (SSSR count). The summed E-state index contributed by atoms with van der Waals surface area (Å²) in [5.74, 6) is -1.34. The van der Waals surface area contributed by atoms with Crippen LogP contribution >= 0.6 is 11.3 Å². The van der Waals surface area contributed by atoms with Gasteiger partial charge in [-0.3, -0.25) is 4.79 Å². The van der Waals surface area contributed by atoms with E-state index in [9.17, 15) is 9.59 Å². The van der Waals surface area contributed by atoms with Crippen LogP contribution in [0.15, 0.2) is 36.4 Å². The Labute approximate surface area is 126 Å². The second-order valence-corrected chi connectivity index (χ2v) is 5.41. The van der Waals surface area contributed by atoms with Crippen LogP contribution in [0.5, 0.6) is 0 Å². The lowest BCUT2D eigenvalue weighted by molar-refractivity contribution is 0.0702. The Balaban J connectivity index is 2.13. The number of methoxy groups -OCH3 is 1. The van der Waals surface area contributed by atoms with Crippen LogP contribution in [0.1, 0.15) is 24.9 Å². The van der Waals surface area contributed by atoms with E-state index >= 15 is 0 Å². The number of para-hydroxylation sites is 1. The molecule has 5 nitrogen and oxygen atoms in total. The summed E-state index contributed by atoms with van der Waals surface area (Å²) in [5.41, 5.74) is 1.69. The first kappa shape index (κ1) is 15.2. The third-order valence-corrected chi connectivity index (χ3v) is 3.95. The zero-order valence-electron chi connectivity index (χ0n) is 11.5. The molecule has 1 amide bonds. The first-order valence-electron chi connectivity index (χ1n) is 6.33. The number of carbonyl (C=O) groups is 2. The van der Waals surface area contributed by atoms with Gasteiger partial charge in [0.05, 0.1) is 11.5 Å². The number of anilines is 1. The summed E-state index contributed by atoms with van der Waals surface area (Å²) in [4.78, 5) is 23.5. The second-order valence-electron chi connectivity index (χ2n) is 4.32. The van der Waals surface area contributed by atoms with E-state index in [2.05, 4.69) is 5.32 Å². The summed E-state index contributed by atoms with van der Waals surface area (Å²) in [6.45, 7) is 0.565. The number of carboxylic acid groups (broad SMARTS) is 1. The number of benzene rings is 1. The molecule has 0 fully saturated rings. The highest BCUT2D eigenvalue weighted by Crippen LogP contribution is 2.20. The molecule has 1 aromatic carbocycles. The Hall–Kier alpha value is -2.18. The van der Waals surface area contributed by atoms with Crippen LogP contribution in [-0.4, -0.2) is 30.7 Å². The van der Waals surface area contributed by atoms with Crippen molar-refractivity contribution in [1.82, 2.24) is 0 Å². The molecule has 6 heteroatoms. The predicted octanol–water partition coefficient (Wildman–Crippen LogP) is 2.89. The third kappa shape index (κ3) is 3.90. The van der Waals surface area contributed by atoms with Crippen LogP contribution < -0.4 is 5.32 Å². The molecular weight excluding hydrogens is 290 g/mol. The standard InChI is InChI=1S/C15H15NO4S/c1-20-9-8-10-4-2-3-5-11(10)16-14(17)12-6-7-13(21-12)15(18)19/h2-7H,8-9H2,1H3,(H,16,17)(H,18,19). The minimum absolute atomic E-state index is 0.146. The van der Waals surface area contributed by atoms with Gasteiger partial charge in [0.15, 0.2) is 0 Å². The van der Waals surface area contributed by atoms with Crippen molar-refractivity contribution in [3.05, 3.63) is 51.7 Å². The molecule has 0 radical (unpaired) electrons. The zero-order chi connectivity index (χ0) is 15.2. The molecule has 0 saturated carbocycles. The van der Waals surface area contributed by atoms with Gasteiger partial charge >= 0.3 is 5.97 Å². The molecule has 0 saturated heterocycles. The fourth-order valence-electron chi connectivity index (χ4n) is 1.83. The number of aromatic carboxylic acids is 1. The molecular formula is C15H15NO4S. The maximum absolute atomic E-state index is 12.2. The van der Waals surface area contributed by atoms with Gasteiger partial charge in [0, 0.05) is 12.8 Å². The average Bonchev–Trinajstić information content (AvgIpc) is 2.96. The largest absolute Gasteiger partial charge is 0.477 e. The highest BCUT2D eigenvalue weighted by atomic mass is 32.1. The fraction of sp³-hybridized carbons (Fsp3) is 0.200. The Morgan fingerprint density at radius 1 is 1.19 bits per heavy atom. The molecule has 0 aliphatic carbocycles. The first-order valence-corrected chi connectivity index (χ1v) is 7.15. The van der Waals surface area contributed by atoms with Crippen LogP contribution in [0, 0.1) is 0 Å². The number of carboxylic acids is 1. The third-order valence-electron chi connectivity index (χ3n) is 2.88. The van der Waals surface area contributed by atoms with Crippen molar-refractivity contribution < 1.29 is 19.4 Å². The molecule has 0 aliphatic heterocycles. The zero-order valence-corrected chi connectivity index (χ0v) is 12.3. The molecule has 0 bridgehead atoms. The number of carbonyl (C=O) groups excluding carboxylic acids is 1. The Morgan fingerprint density at radius 2 is 1.90 bits per heavy atom. The molecule has 2 N–H and O–H groups in total. The van der Waals surface area contributed by atoms with Crippen LogP contribution in [0.25, 0.3) is 0 Å². The van der Waals surface area contributed by atoms with Crippen molar-refractivity contribution >= 4 is 28.9 Å². The predicted molar refractivity (Wildman–Crippen MR) is 81.3 cm³/mol. The highest BCUT2D eigenvalue weighted by Gasteiger charge is 2.14. The van der Waals surface area contributed by atoms with Crippen molar-refractivity contribution in [3.63, 3.8) is 0 Å². The summed E-state index contributed by atoms with van der Waals surface area (Å²) in [6.07, 6.45) is 0.692. The number of rotatable bonds is 6. The molecule has 2 aromatic rings. The molecule has 1 heterocycles. The van der Waals surface area contributed by atoms with Gasteiger partial charge in [-0.25, -0.2) is 4.79 Å². The van der Waals surface area contributed by atoms with Gasteiger partial charge in [0.2, 0.25) is 0 Å². The number of ether oxygens (including phenoxy) is 1. The van der Waals surface area contributed by atoms with E-state index in [4.69, 9.17) is 9.84 Å². The minimum atomic E-state index is -1.03. The summed E-state index contributed by atoms with van der Waals surface area (Å²) >= 11 is 0.956. The van der Waals surface area contributed by atoms with Crippen molar-refractivity contribution in [2.75, 3.05) is 19.0 Å². The van der Waals surface area contributed by atoms with Crippen molar-refractivity contribution in [1.29, 1.82) is 0 Å². The Morgan fingerprint density at radius 3 is 2.57 bits per heavy atom. The molecule has 0 atom stereocenters. The van der Waals surface area contributed by atoms with E-state index in [1.807, 2.05) is 24.3 Å². The van der Waals surface area contributed by atoms with E-state index in [1.165, 1.54) is 12.1 Å². The number of thiophene rings is 1. The monoisotopic (exact) mass is 305 g/mol. The topological polar surface area (TPSA) is 75.6 Å². The Kier molecular flexibility index (Phi) is 5.08.